The van der Waals surface area contributed by atoms with Gasteiger partial charge >= 0.3 is 6.09 Å². The molecule has 4 amide bonds. The van der Waals surface area contributed by atoms with Crippen LogP contribution in [0.2, 0.25) is 0 Å². The van der Waals surface area contributed by atoms with Crippen LogP contribution in [-0.4, -0.2) is 86.3 Å². The van der Waals surface area contributed by atoms with Crippen LogP contribution in [0.15, 0.2) is 84.9 Å². The standard InChI is InChI=1S/C54H69N9O5/c1-32(2)49(55-34(5)64)51(65)61-28-10-12-47(61)43-30-41(57-59-43)35-14-18-37(19-15-35)45-26-27-46(63(45)40-24-22-39(23-25-40)54(6,7)8)38-20-16-36(17-21-38)42-31-44(60-58-42)48-13-11-29-62(48)52(66)50(33(3)4)56-53(67)68-9/h14-25,30-33,45-50H,10-13,26-29H2,1-9H3,(H,55,64)(H,56,67)(H,57,59)(H,58,60). The van der Waals surface area contributed by atoms with E-state index in [0.717, 1.165) is 72.4 Å². The second-order valence-electron chi connectivity index (χ2n) is 20.6. The Balaban J connectivity index is 1.00. The lowest BCUT2D eigenvalue weighted by Gasteiger charge is -2.34. The lowest BCUT2D eigenvalue weighted by Crippen LogP contribution is -2.51. The summed E-state index contributed by atoms with van der Waals surface area (Å²) in [6.45, 7) is 17.2. The Kier molecular flexibility index (Phi) is 14.1. The van der Waals surface area contributed by atoms with E-state index in [0.29, 0.717) is 13.1 Å². The number of nitrogens with one attached hydrogen (secondary N) is 4. The third-order valence-corrected chi connectivity index (χ3v) is 14.3. The fourth-order valence-electron chi connectivity index (χ4n) is 10.5. The van der Waals surface area contributed by atoms with Crippen LogP contribution in [0, 0.1) is 11.8 Å². The Hall–Kier alpha value is -6.44. The van der Waals surface area contributed by atoms with E-state index in [9.17, 15) is 19.2 Å². The smallest absolute Gasteiger partial charge is 0.407 e. The zero-order valence-corrected chi connectivity index (χ0v) is 41.1. The summed E-state index contributed by atoms with van der Waals surface area (Å²) in [5.41, 5.74) is 10.4. The molecule has 0 radical (unpaired) electrons. The lowest BCUT2D eigenvalue weighted by atomic mass is 9.87. The molecule has 5 aromatic rings. The molecule has 3 aromatic carbocycles. The van der Waals surface area contributed by atoms with Crippen LogP contribution in [0.3, 0.4) is 0 Å². The first-order valence-electron chi connectivity index (χ1n) is 24.4. The summed E-state index contributed by atoms with van der Waals surface area (Å²) in [6.07, 6.45) is 4.74. The van der Waals surface area contributed by atoms with Gasteiger partial charge < -0.3 is 30.1 Å². The maximum absolute atomic E-state index is 13.8. The summed E-state index contributed by atoms with van der Waals surface area (Å²) in [4.78, 5) is 57.8. The van der Waals surface area contributed by atoms with Crippen molar-refractivity contribution in [3.63, 3.8) is 0 Å². The Morgan fingerprint density at radius 3 is 1.47 bits per heavy atom. The molecule has 5 heterocycles. The minimum absolute atomic E-state index is 0.0282. The molecule has 68 heavy (non-hydrogen) atoms. The number of hydrogen-bond acceptors (Lipinski definition) is 8. The van der Waals surface area contributed by atoms with Gasteiger partial charge in [-0.15, -0.1) is 0 Å². The highest BCUT2D eigenvalue weighted by Crippen LogP contribution is 2.48. The van der Waals surface area contributed by atoms with Gasteiger partial charge in [0.1, 0.15) is 12.1 Å². The Bertz CT molecular complexity index is 2560. The third-order valence-electron chi connectivity index (χ3n) is 14.3. The molecule has 0 spiro atoms. The highest BCUT2D eigenvalue weighted by Gasteiger charge is 2.39. The van der Waals surface area contributed by atoms with Crippen LogP contribution in [-0.2, 0) is 24.5 Å². The third kappa shape index (κ3) is 10.0. The molecule has 6 unspecified atom stereocenters. The summed E-state index contributed by atoms with van der Waals surface area (Å²) < 4.78 is 4.81. The number of methoxy groups -OCH3 is 1. The van der Waals surface area contributed by atoms with E-state index >= 15 is 0 Å². The fourth-order valence-corrected chi connectivity index (χ4v) is 10.5. The van der Waals surface area contributed by atoms with Gasteiger partial charge in [0.25, 0.3) is 0 Å². The van der Waals surface area contributed by atoms with Gasteiger partial charge in [-0.3, -0.25) is 24.6 Å². The van der Waals surface area contributed by atoms with Gasteiger partial charge in [-0.1, -0.05) is 109 Å². The number of aromatic nitrogens is 4. The number of ether oxygens (including phenoxy) is 1. The van der Waals surface area contributed by atoms with Gasteiger partial charge in [0.2, 0.25) is 17.7 Å². The van der Waals surface area contributed by atoms with Crippen molar-refractivity contribution in [2.75, 3.05) is 25.1 Å². The lowest BCUT2D eigenvalue weighted by molar-refractivity contribution is -0.138. The number of carbonyl (C=O) groups is 4. The molecular formula is C54H69N9O5. The second-order valence-corrected chi connectivity index (χ2v) is 20.6. The topological polar surface area (TPSA) is 169 Å². The van der Waals surface area contributed by atoms with Crippen molar-refractivity contribution in [3.8, 4) is 22.5 Å². The molecule has 14 heteroatoms. The van der Waals surface area contributed by atoms with E-state index in [4.69, 9.17) is 14.9 Å². The number of hydrogen-bond donors (Lipinski definition) is 4. The number of H-pyrrole nitrogens is 2. The highest BCUT2D eigenvalue weighted by molar-refractivity contribution is 5.88. The number of amides is 4. The number of aromatic amines is 2. The molecule has 3 aliphatic rings. The molecular weight excluding hydrogens is 855 g/mol. The first kappa shape index (κ1) is 48.0. The van der Waals surface area contributed by atoms with Crippen molar-refractivity contribution in [2.24, 2.45) is 11.8 Å². The largest absolute Gasteiger partial charge is 0.453 e. The van der Waals surface area contributed by atoms with Gasteiger partial charge in [-0.25, -0.2) is 4.79 Å². The Morgan fingerprint density at radius 2 is 1.07 bits per heavy atom. The predicted molar refractivity (Wildman–Crippen MR) is 264 cm³/mol. The molecule has 6 atom stereocenters. The van der Waals surface area contributed by atoms with E-state index in [-0.39, 0.29) is 59.1 Å². The predicted octanol–water partition coefficient (Wildman–Crippen LogP) is 9.72. The summed E-state index contributed by atoms with van der Waals surface area (Å²) in [6, 6.07) is 29.4. The number of carbonyl (C=O) groups excluding carboxylic acids is 4. The van der Waals surface area contributed by atoms with Gasteiger partial charge in [0.15, 0.2) is 0 Å². The quantitative estimate of drug-likeness (QED) is 0.0905. The van der Waals surface area contributed by atoms with E-state index < -0.39 is 18.2 Å². The van der Waals surface area contributed by atoms with Crippen molar-refractivity contribution >= 4 is 29.5 Å². The van der Waals surface area contributed by atoms with Crippen LogP contribution >= 0.6 is 0 Å². The first-order valence-corrected chi connectivity index (χ1v) is 24.4. The molecule has 14 nitrogen and oxygen atoms in total. The minimum atomic E-state index is -0.685. The van der Waals surface area contributed by atoms with Gasteiger partial charge in [0.05, 0.1) is 54.1 Å². The van der Waals surface area contributed by atoms with Crippen LogP contribution in [0.1, 0.15) is 146 Å². The van der Waals surface area contributed by atoms with Crippen LogP contribution in [0.5, 0.6) is 0 Å². The molecule has 8 rings (SSSR count). The Labute approximate surface area is 401 Å². The summed E-state index contributed by atoms with van der Waals surface area (Å²) in [5, 5.41) is 21.5. The molecule has 0 saturated carbocycles. The maximum Gasteiger partial charge on any atom is 0.407 e. The molecule has 4 N–H and O–H groups in total. The van der Waals surface area contributed by atoms with E-state index in [2.05, 4.69) is 125 Å². The van der Waals surface area contributed by atoms with Crippen molar-refractivity contribution in [1.29, 1.82) is 0 Å². The SMILES string of the molecule is COC(=O)NC(C(=O)N1CCCC1c1cc(-c2ccc(C3CCC(c4ccc(-c5cc(C6CCCN6C(=O)C(NC(C)=O)C(C)C)[nH]n5)cc4)N3c3ccc(C(C)(C)C)cc3)cc2)n[nH]1)C(C)C. The summed E-state index contributed by atoms with van der Waals surface area (Å²) in [7, 11) is 1.30. The number of benzene rings is 3. The van der Waals surface area contributed by atoms with Crippen LogP contribution in [0.4, 0.5) is 10.5 Å². The number of anilines is 1. The fraction of sp³-hybridized carbons (Fsp3) is 0.481. The van der Waals surface area contributed by atoms with Crippen molar-refractivity contribution in [1.82, 2.24) is 40.8 Å². The average Bonchev–Trinajstić information content (AvgIpc) is 4.18. The minimum Gasteiger partial charge on any atom is -0.453 e. The van der Waals surface area contributed by atoms with Crippen molar-refractivity contribution in [3.05, 3.63) is 113 Å². The second kappa shape index (κ2) is 20.0. The first-order chi connectivity index (χ1) is 32.5. The van der Waals surface area contributed by atoms with E-state index in [1.165, 1.54) is 36.4 Å². The Morgan fingerprint density at radius 1 is 0.632 bits per heavy atom. The highest BCUT2D eigenvalue weighted by atomic mass is 16.5. The molecule has 3 fully saturated rings. The normalized spacial score (nSPS) is 20.5. The summed E-state index contributed by atoms with van der Waals surface area (Å²) in [5.74, 6) is -0.508. The number of rotatable bonds is 13. The van der Waals surface area contributed by atoms with Crippen molar-refractivity contribution < 1.29 is 23.9 Å². The zero-order chi connectivity index (χ0) is 48.4. The number of alkyl carbamates (subject to hydrolysis) is 1. The average molecular weight is 924 g/mol. The molecule has 0 bridgehead atoms. The monoisotopic (exact) mass is 924 g/mol. The van der Waals surface area contributed by atoms with Gasteiger partial charge in [-0.05, 0) is 96.7 Å². The summed E-state index contributed by atoms with van der Waals surface area (Å²) >= 11 is 0. The zero-order valence-electron chi connectivity index (χ0n) is 41.1. The van der Waals surface area contributed by atoms with Crippen LogP contribution < -0.4 is 15.5 Å². The van der Waals surface area contributed by atoms with Gasteiger partial charge in [0, 0.05) is 36.8 Å². The molecule has 0 aliphatic carbocycles. The maximum atomic E-state index is 13.8. The number of nitrogens with zero attached hydrogens (tertiary/aromatic N) is 5. The van der Waals surface area contributed by atoms with Crippen LogP contribution in [0.25, 0.3) is 22.5 Å². The number of likely N-dealkylation sites (tertiary alicyclic amines) is 2. The van der Waals surface area contributed by atoms with E-state index in [1.807, 2.05) is 43.6 Å². The molecule has 3 aliphatic heterocycles. The molecule has 360 valence electrons. The van der Waals surface area contributed by atoms with Crippen molar-refractivity contribution in [2.45, 2.75) is 136 Å². The van der Waals surface area contributed by atoms with E-state index in [1.54, 1.807) is 0 Å². The molecule has 2 aromatic heterocycles. The molecule has 3 saturated heterocycles. The van der Waals surface area contributed by atoms with Gasteiger partial charge in [-0.2, -0.15) is 10.2 Å².